The van der Waals surface area contributed by atoms with Gasteiger partial charge >= 0.3 is 0 Å². The van der Waals surface area contributed by atoms with Gasteiger partial charge in [-0.3, -0.25) is 0 Å². The molecule has 1 aliphatic carbocycles. The average Bonchev–Trinajstić information content (AvgIpc) is 2.49. The molecule has 2 rings (SSSR count). The van der Waals surface area contributed by atoms with Crippen molar-refractivity contribution >= 4 is 17.3 Å². The van der Waals surface area contributed by atoms with Gasteiger partial charge in [-0.2, -0.15) is 0 Å². The van der Waals surface area contributed by atoms with E-state index in [1.807, 2.05) is 0 Å². The maximum Gasteiger partial charge on any atom is 0.0459 e. The first-order chi connectivity index (χ1) is 9.61. The minimum atomic E-state index is 0.203. The predicted molar refractivity (Wildman–Crippen MR) is 88.7 cm³/mol. The van der Waals surface area contributed by atoms with E-state index in [9.17, 15) is 0 Å². The molecule has 20 heavy (non-hydrogen) atoms. The molecule has 1 aliphatic rings. The van der Waals surface area contributed by atoms with E-state index >= 15 is 0 Å². The molecule has 1 unspecified atom stereocenters. The number of halogens is 1. The number of nitrogens with two attached hydrogens (primary N) is 1. The summed E-state index contributed by atoms with van der Waals surface area (Å²) in [6, 6.07) is 7.32. The lowest BCUT2D eigenvalue weighted by atomic mass is 9.94. The molecule has 0 amide bonds. The van der Waals surface area contributed by atoms with Gasteiger partial charge in [-0.1, -0.05) is 43.9 Å². The first-order valence-corrected chi connectivity index (χ1v) is 8.26. The molecule has 1 aromatic rings. The van der Waals surface area contributed by atoms with E-state index in [1.54, 1.807) is 0 Å². The van der Waals surface area contributed by atoms with Crippen LogP contribution in [0.2, 0.25) is 5.02 Å². The van der Waals surface area contributed by atoms with Crippen LogP contribution in [0.1, 0.15) is 51.0 Å². The number of hydrogen-bond acceptors (Lipinski definition) is 2. The van der Waals surface area contributed by atoms with Crippen molar-refractivity contribution in [1.29, 1.82) is 0 Å². The molecule has 1 atom stereocenters. The van der Waals surface area contributed by atoms with Gasteiger partial charge in [0.25, 0.3) is 0 Å². The fraction of sp³-hybridized carbons (Fsp3) is 0.647. The van der Waals surface area contributed by atoms with Crippen molar-refractivity contribution in [2.45, 2.75) is 64.0 Å². The molecule has 0 spiro atoms. The Balaban J connectivity index is 2.07. The van der Waals surface area contributed by atoms with Gasteiger partial charge in [-0.15, -0.1) is 0 Å². The van der Waals surface area contributed by atoms with Crippen molar-refractivity contribution in [2.75, 3.05) is 11.9 Å². The summed E-state index contributed by atoms with van der Waals surface area (Å²) < 4.78 is 0. The van der Waals surface area contributed by atoms with Crippen molar-refractivity contribution in [3.05, 3.63) is 28.8 Å². The zero-order chi connectivity index (χ0) is 14.5. The zero-order valence-corrected chi connectivity index (χ0v) is 13.5. The van der Waals surface area contributed by atoms with Gasteiger partial charge in [0, 0.05) is 29.8 Å². The van der Waals surface area contributed by atoms with Crippen LogP contribution in [-0.4, -0.2) is 19.1 Å². The molecule has 112 valence electrons. The number of hydrogen-bond donors (Lipinski definition) is 1. The van der Waals surface area contributed by atoms with Crippen molar-refractivity contribution in [1.82, 2.24) is 0 Å². The predicted octanol–water partition coefficient (Wildman–Crippen LogP) is 4.39. The van der Waals surface area contributed by atoms with E-state index < -0.39 is 0 Å². The van der Waals surface area contributed by atoms with E-state index in [2.05, 4.69) is 37.1 Å². The summed E-state index contributed by atoms with van der Waals surface area (Å²) in [6.45, 7) is 2.11. The molecule has 0 radical (unpaired) electrons. The van der Waals surface area contributed by atoms with Crippen LogP contribution in [-0.2, 0) is 6.42 Å². The summed E-state index contributed by atoms with van der Waals surface area (Å²) in [7, 11) is 2.19. The largest absolute Gasteiger partial charge is 0.372 e. The highest BCUT2D eigenvalue weighted by atomic mass is 35.5. The van der Waals surface area contributed by atoms with Crippen LogP contribution in [0.3, 0.4) is 0 Å². The molecule has 1 saturated carbocycles. The maximum atomic E-state index is 6.43. The van der Waals surface area contributed by atoms with Crippen LogP contribution in [0, 0.1) is 0 Å². The molecule has 0 heterocycles. The molecular weight excluding hydrogens is 268 g/mol. The smallest absolute Gasteiger partial charge is 0.0459 e. The highest BCUT2D eigenvalue weighted by Crippen LogP contribution is 2.29. The Bertz CT molecular complexity index is 427. The lowest BCUT2D eigenvalue weighted by Gasteiger charge is -2.33. The topological polar surface area (TPSA) is 29.3 Å². The Labute approximate surface area is 128 Å². The van der Waals surface area contributed by atoms with Gasteiger partial charge in [-0.05, 0) is 43.4 Å². The lowest BCUT2D eigenvalue weighted by molar-refractivity contribution is 0.427. The molecule has 2 N–H and O–H groups in total. The molecule has 0 aliphatic heterocycles. The second kappa shape index (κ2) is 7.33. The van der Waals surface area contributed by atoms with Crippen molar-refractivity contribution in [2.24, 2.45) is 5.73 Å². The first-order valence-electron chi connectivity index (χ1n) is 7.88. The van der Waals surface area contributed by atoms with Gasteiger partial charge < -0.3 is 10.6 Å². The third kappa shape index (κ3) is 3.89. The minimum Gasteiger partial charge on any atom is -0.372 e. The van der Waals surface area contributed by atoms with Crippen LogP contribution in [0.25, 0.3) is 0 Å². The number of nitrogens with zero attached hydrogens (tertiary/aromatic N) is 1. The SMILES string of the molecule is CCC(N)Cc1ccc(N(C)C2CCCCC2)cc1Cl. The van der Waals surface area contributed by atoms with Crippen LogP contribution in [0.5, 0.6) is 0 Å². The van der Waals surface area contributed by atoms with Gasteiger partial charge in [0.2, 0.25) is 0 Å². The summed E-state index contributed by atoms with van der Waals surface area (Å²) in [5, 5.41) is 0.856. The van der Waals surface area contributed by atoms with Crippen molar-refractivity contribution in [3.8, 4) is 0 Å². The van der Waals surface area contributed by atoms with E-state index in [-0.39, 0.29) is 6.04 Å². The Hall–Kier alpha value is -0.730. The highest BCUT2D eigenvalue weighted by molar-refractivity contribution is 6.31. The van der Waals surface area contributed by atoms with E-state index in [0.717, 1.165) is 17.9 Å². The molecule has 1 aromatic carbocycles. The normalized spacial score (nSPS) is 18.0. The molecule has 1 fully saturated rings. The maximum absolute atomic E-state index is 6.43. The van der Waals surface area contributed by atoms with E-state index in [1.165, 1.54) is 43.4 Å². The monoisotopic (exact) mass is 294 g/mol. The Kier molecular flexibility index (Phi) is 5.74. The summed E-state index contributed by atoms with van der Waals surface area (Å²) in [5.74, 6) is 0. The number of anilines is 1. The van der Waals surface area contributed by atoms with E-state index in [4.69, 9.17) is 17.3 Å². The molecule has 2 nitrogen and oxygen atoms in total. The zero-order valence-electron chi connectivity index (χ0n) is 12.7. The molecule has 3 heteroatoms. The van der Waals surface area contributed by atoms with Crippen LogP contribution >= 0.6 is 11.6 Å². The lowest BCUT2D eigenvalue weighted by Crippen LogP contribution is -2.33. The molecule has 0 saturated heterocycles. The molecule has 0 aromatic heterocycles. The molecular formula is C17H27ClN2. The van der Waals surface area contributed by atoms with Crippen LogP contribution in [0.15, 0.2) is 18.2 Å². The summed E-state index contributed by atoms with van der Waals surface area (Å²) in [6.07, 6.45) is 8.55. The molecule has 0 bridgehead atoms. The fourth-order valence-electron chi connectivity index (χ4n) is 3.03. The summed E-state index contributed by atoms with van der Waals surface area (Å²) >= 11 is 6.43. The van der Waals surface area contributed by atoms with Gasteiger partial charge in [0.05, 0.1) is 0 Å². The number of rotatable bonds is 5. The second-order valence-corrected chi connectivity index (χ2v) is 6.46. The van der Waals surface area contributed by atoms with Crippen molar-refractivity contribution < 1.29 is 0 Å². The van der Waals surface area contributed by atoms with Crippen LogP contribution in [0.4, 0.5) is 5.69 Å². The summed E-state index contributed by atoms with van der Waals surface area (Å²) in [4.78, 5) is 2.40. The highest BCUT2D eigenvalue weighted by Gasteiger charge is 2.19. The third-order valence-electron chi connectivity index (χ3n) is 4.57. The Morgan fingerprint density at radius 1 is 1.30 bits per heavy atom. The quantitative estimate of drug-likeness (QED) is 0.873. The Morgan fingerprint density at radius 3 is 2.60 bits per heavy atom. The minimum absolute atomic E-state index is 0.203. The van der Waals surface area contributed by atoms with Gasteiger partial charge in [0.15, 0.2) is 0 Å². The van der Waals surface area contributed by atoms with Crippen LogP contribution < -0.4 is 10.6 Å². The van der Waals surface area contributed by atoms with Gasteiger partial charge in [-0.25, -0.2) is 0 Å². The van der Waals surface area contributed by atoms with Crippen molar-refractivity contribution in [3.63, 3.8) is 0 Å². The third-order valence-corrected chi connectivity index (χ3v) is 4.92. The summed E-state index contributed by atoms with van der Waals surface area (Å²) in [5.41, 5.74) is 8.42. The Morgan fingerprint density at radius 2 is 2.00 bits per heavy atom. The van der Waals surface area contributed by atoms with Gasteiger partial charge in [0.1, 0.15) is 0 Å². The van der Waals surface area contributed by atoms with E-state index in [0.29, 0.717) is 6.04 Å². The standard InChI is InChI=1S/C17H27ClN2/c1-3-14(19)11-13-9-10-16(12-17(13)18)20(2)15-7-5-4-6-8-15/h9-10,12,14-15H,3-8,11,19H2,1-2H3. The second-order valence-electron chi connectivity index (χ2n) is 6.05. The average molecular weight is 295 g/mol. The first kappa shape index (κ1) is 15.7. The number of benzene rings is 1. The fourth-order valence-corrected chi connectivity index (χ4v) is 3.28.